The van der Waals surface area contributed by atoms with Gasteiger partial charge in [0.2, 0.25) is 10.0 Å². The first-order valence-electron chi connectivity index (χ1n) is 8.48. The molecule has 2 aliphatic heterocycles. The molecule has 0 unspecified atom stereocenters. The Morgan fingerprint density at radius 3 is 2.54 bits per heavy atom. The molecule has 0 spiro atoms. The van der Waals surface area contributed by atoms with Gasteiger partial charge in [-0.3, -0.25) is 4.79 Å². The van der Waals surface area contributed by atoms with Crippen LogP contribution in [0.3, 0.4) is 0 Å². The molecule has 2 heterocycles. The van der Waals surface area contributed by atoms with E-state index in [4.69, 9.17) is 11.6 Å². The van der Waals surface area contributed by atoms with E-state index in [1.165, 1.54) is 22.5 Å². The third kappa shape index (κ3) is 3.46. The van der Waals surface area contributed by atoms with Crippen LogP contribution in [0.2, 0.25) is 5.02 Å². The second-order valence-electron chi connectivity index (χ2n) is 6.75. The lowest BCUT2D eigenvalue weighted by atomic mass is 9.99. The highest BCUT2D eigenvalue weighted by Gasteiger charge is 2.29. The van der Waals surface area contributed by atoms with E-state index in [1.807, 2.05) is 0 Å². The molecular weight excluding hydrogens is 348 g/mol. The fraction of sp³-hybridized carbons (Fsp3) is 0.588. The van der Waals surface area contributed by atoms with Gasteiger partial charge in [-0.25, -0.2) is 8.42 Å². The molecule has 1 amide bonds. The van der Waals surface area contributed by atoms with Gasteiger partial charge in [-0.1, -0.05) is 18.5 Å². The lowest BCUT2D eigenvalue weighted by Gasteiger charge is -2.31. The number of sulfonamides is 1. The van der Waals surface area contributed by atoms with E-state index >= 15 is 0 Å². The second kappa shape index (κ2) is 7.02. The lowest BCUT2D eigenvalue weighted by molar-refractivity contribution is 0.0683. The van der Waals surface area contributed by atoms with Crippen LogP contribution < -0.4 is 0 Å². The van der Waals surface area contributed by atoms with Crippen LogP contribution in [0.15, 0.2) is 23.1 Å². The molecule has 0 aromatic heterocycles. The summed E-state index contributed by atoms with van der Waals surface area (Å²) in [6, 6.07) is 4.45. The number of piperidine rings is 1. The minimum absolute atomic E-state index is 0.155. The number of carbonyl (C=O) groups is 1. The molecule has 132 valence electrons. The van der Waals surface area contributed by atoms with Crippen molar-refractivity contribution >= 4 is 27.5 Å². The van der Waals surface area contributed by atoms with E-state index in [0.717, 1.165) is 25.7 Å². The predicted octanol–water partition coefficient (Wildman–Crippen LogP) is 3.00. The van der Waals surface area contributed by atoms with Crippen molar-refractivity contribution in [3.05, 3.63) is 28.8 Å². The van der Waals surface area contributed by atoms with Crippen molar-refractivity contribution in [3.8, 4) is 0 Å². The Morgan fingerprint density at radius 2 is 1.88 bits per heavy atom. The molecular formula is C17H23ClN2O3S. The highest BCUT2D eigenvalue weighted by molar-refractivity contribution is 7.89. The second-order valence-corrected chi connectivity index (χ2v) is 9.10. The zero-order valence-corrected chi connectivity index (χ0v) is 15.4. The molecule has 0 bridgehead atoms. The highest BCUT2D eigenvalue weighted by Crippen LogP contribution is 2.27. The van der Waals surface area contributed by atoms with Gasteiger partial charge in [0.1, 0.15) is 0 Å². The zero-order chi connectivity index (χ0) is 17.3. The van der Waals surface area contributed by atoms with Gasteiger partial charge in [-0.15, -0.1) is 0 Å². The molecule has 3 rings (SSSR count). The van der Waals surface area contributed by atoms with E-state index in [9.17, 15) is 13.2 Å². The van der Waals surface area contributed by atoms with Crippen molar-refractivity contribution in [2.24, 2.45) is 5.92 Å². The number of hydrogen-bond donors (Lipinski definition) is 0. The Hall–Kier alpha value is -1.11. The molecule has 1 atom stereocenters. The van der Waals surface area contributed by atoms with Gasteiger partial charge in [0, 0.05) is 26.2 Å². The van der Waals surface area contributed by atoms with Crippen molar-refractivity contribution < 1.29 is 13.2 Å². The topological polar surface area (TPSA) is 57.7 Å². The number of carbonyl (C=O) groups excluding carboxylic acids is 1. The molecule has 0 saturated carbocycles. The Morgan fingerprint density at radius 1 is 1.17 bits per heavy atom. The minimum atomic E-state index is -3.55. The smallest absolute Gasteiger partial charge is 0.255 e. The van der Waals surface area contributed by atoms with Crippen LogP contribution in [0.5, 0.6) is 0 Å². The number of likely N-dealkylation sites (tertiary alicyclic amines) is 1. The summed E-state index contributed by atoms with van der Waals surface area (Å²) in [4.78, 5) is 14.7. The molecule has 1 aromatic carbocycles. The van der Waals surface area contributed by atoms with E-state index in [1.54, 1.807) is 4.90 Å². The van der Waals surface area contributed by atoms with Crippen LogP contribution in [-0.2, 0) is 10.0 Å². The van der Waals surface area contributed by atoms with Crippen LogP contribution in [0, 0.1) is 5.92 Å². The van der Waals surface area contributed by atoms with E-state index in [0.29, 0.717) is 37.1 Å². The summed E-state index contributed by atoms with van der Waals surface area (Å²) in [5, 5.41) is 0.304. The van der Waals surface area contributed by atoms with E-state index < -0.39 is 10.0 Å². The van der Waals surface area contributed by atoms with Crippen LogP contribution in [0.25, 0.3) is 0 Å². The highest BCUT2D eigenvalue weighted by atomic mass is 35.5. The lowest BCUT2D eigenvalue weighted by Crippen LogP contribution is -2.39. The number of amides is 1. The minimum Gasteiger partial charge on any atom is -0.338 e. The maximum atomic E-state index is 12.8. The SMILES string of the molecule is C[C@@H]1CCCN(C(=O)c2cc(S(=O)(=O)N3CCCC3)ccc2Cl)C1. The average Bonchev–Trinajstić information content (AvgIpc) is 3.10. The standard InChI is InChI=1S/C17H23ClN2O3S/c1-13-5-4-8-19(12-13)17(21)15-11-14(6-7-16(15)18)24(22,23)20-9-2-3-10-20/h6-7,11,13H,2-5,8-10,12H2,1H3/t13-/m1/s1. The molecule has 2 saturated heterocycles. The molecule has 7 heteroatoms. The quantitative estimate of drug-likeness (QED) is 0.821. The van der Waals surface area contributed by atoms with Crippen molar-refractivity contribution in [1.29, 1.82) is 0 Å². The molecule has 0 N–H and O–H groups in total. The first kappa shape index (κ1) is 17.7. The molecule has 0 aliphatic carbocycles. The van der Waals surface area contributed by atoms with E-state index in [-0.39, 0.29) is 16.4 Å². The number of halogens is 1. The summed E-state index contributed by atoms with van der Waals surface area (Å²) in [6.45, 7) is 4.59. The Bertz CT molecular complexity index is 729. The van der Waals surface area contributed by atoms with Crippen molar-refractivity contribution in [2.75, 3.05) is 26.2 Å². The van der Waals surface area contributed by atoms with Gasteiger partial charge in [0.15, 0.2) is 0 Å². The zero-order valence-electron chi connectivity index (χ0n) is 13.9. The van der Waals surface area contributed by atoms with Crippen molar-refractivity contribution in [2.45, 2.75) is 37.5 Å². The maximum absolute atomic E-state index is 12.8. The monoisotopic (exact) mass is 370 g/mol. The summed E-state index contributed by atoms with van der Waals surface area (Å²) < 4.78 is 26.9. The number of nitrogens with zero attached hydrogens (tertiary/aromatic N) is 2. The number of hydrogen-bond acceptors (Lipinski definition) is 3. The summed E-state index contributed by atoms with van der Waals surface area (Å²) >= 11 is 6.20. The van der Waals surface area contributed by atoms with Gasteiger partial charge < -0.3 is 4.90 Å². The molecule has 0 radical (unpaired) electrons. The normalized spacial score (nSPS) is 22.8. The number of benzene rings is 1. The van der Waals surface area contributed by atoms with Crippen molar-refractivity contribution in [3.63, 3.8) is 0 Å². The number of rotatable bonds is 3. The first-order chi connectivity index (χ1) is 11.4. The van der Waals surface area contributed by atoms with Gasteiger partial charge in [0.25, 0.3) is 5.91 Å². The van der Waals surface area contributed by atoms with Crippen molar-refractivity contribution in [1.82, 2.24) is 9.21 Å². The van der Waals surface area contributed by atoms with Crippen LogP contribution in [0.1, 0.15) is 43.0 Å². The largest absolute Gasteiger partial charge is 0.338 e. The van der Waals surface area contributed by atoms with Crippen LogP contribution in [-0.4, -0.2) is 49.7 Å². The Labute approximate surface area is 148 Å². The third-order valence-corrected chi connectivity index (χ3v) is 7.04. The predicted molar refractivity (Wildman–Crippen MR) is 93.7 cm³/mol. The molecule has 5 nitrogen and oxygen atoms in total. The first-order valence-corrected chi connectivity index (χ1v) is 10.3. The van der Waals surface area contributed by atoms with Gasteiger partial charge in [-0.2, -0.15) is 4.31 Å². The van der Waals surface area contributed by atoms with Gasteiger partial charge in [-0.05, 0) is 49.8 Å². The van der Waals surface area contributed by atoms with Crippen LogP contribution >= 0.6 is 11.6 Å². The summed E-state index contributed by atoms with van der Waals surface area (Å²) in [6.07, 6.45) is 3.84. The Kier molecular flexibility index (Phi) is 5.18. The third-order valence-electron chi connectivity index (χ3n) is 4.82. The van der Waals surface area contributed by atoms with Crippen LogP contribution in [0.4, 0.5) is 0 Å². The summed E-state index contributed by atoms with van der Waals surface area (Å²) in [5.41, 5.74) is 0.283. The summed E-state index contributed by atoms with van der Waals surface area (Å²) in [7, 11) is -3.55. The summed E-state index contributed by atoms with van der Waals surface area (Å²) in [5.74, 6) is 0.281. The van der Waals surface area contributed by atoms with E-state index in [2.05, 4.69) is 6.92 Å². The molecule has 1 aromatic rings. The van der Waals surface area contributed by atoms with Gasteiger partial charge >= 0.3 is 0 Å². The average molecular weight is 371 g/mol. The maximum Gasteiger partial charge on any atom is 0.255 e. The fourth-order valence-electron chi connectivity index (χ4n) is 3.45. The molecule has 24 heavy (non-hydrogen) atoms. The van der Waals surface area contributed by atoms with Gasteiger partial charge in [0.05, 0.1) is 15.5 Å². The molecule has 2 aliphatic rings. The molecule has 2 fully saturated rings. The Balaban J connectivity index is 1.90. The fourth-order valence-corrected chi connectivity index (χ4v) is 5.19.